The highest BCUT2D eigenvalue weighted by atomic mass is 16.7. The molecule has 0 aromatic carbocycles. The number of rotatable bonds is 31. The van der Waals surface area contributed by atoms with Crippen LogP contribution in [0.5, 0.6) is 0 Å². The van der Waals surface area contributed by atoms with Gasteiger partial charge in [-0.2, -0.15) is 0 Å². The largest absolute Gasteiger partial charge is 0.365 e. The molecule has 0 aromatic rings. The van der Waals surface area contributed by atoms with E-state index in [9.17, 15) is 59.6 Å². The van der Waals surface area contributed by atoms with Crippen molar-refractivity contribution in [2.24, 2.45) is 82.6 Å². The quantitative estimate of drug-likeness (QED) is 0.0120. The number of carbonyl (C=O) groups excluding carboxylic acids is 4. The van der Waals surface area contributed by atoms with Gasteiger partial charge in [-0.25, -0.2) is 60.4 Å². The van der Waals surface area contributed by atoms with Gasteiger partial charge in [-0.05, 0) is 86.9 Å². The Morgan fingerprint density at radius 2 is 0.648 bits per heavy atom. The minimum Gasteiger partial charge on any atom is -0.365 e. The van der Waals surface area contributed by atoms with Crippen molar-refractivity contribution in [3.63, 3.8) is 0 Å². The van der Waals surface area contributed by atoms with Crippen LogP contribution in [0.3, 0.4) is 0 Å². The number of guanidine groups is 4. The van der Waals surface area contributed by atoms with Gasteiger partial charge in [0, 0.05) is 43.9 Å². The monoisotopic (exact) mass is 1020 g/mol. The second kappa shape index (κ2) is 34.6. The lowest BCUT2D eigenvalue weighted by molar-refractivity contribution is -0.525. The Labute approximate surface area is 415 Å². The number of hydrazine groups is 4. The van der Waals surface area contributed by atoms with Crippen LogP contribution in [-0.2, 0) is 19.2 Å². The number of Topliss-reactive ketones (excluding diaryl/α,β-unsaturated/α-hetero) is 4. The first-order chi connectivity index (χ1) is 32.1. The summed E-state index contributed by atoms with van der Waals surface area (Å²) < 4.78 is 0. The number of nitrogens with one attached hydrogen (secondary N) is 4. The summed E-state index contributed by atoms with van der Waals surface area (Å²) in [6.45, 7) is 18.9. The van der Waals surface area contributed by atoms with Gasteiger partial charge in [-0.15, -0.1) is 0 Å². The van der Waals surface area contributed by atoms with Gasteiger partial charge in [-0.3, -0.25) is 19.2 Å². The predicted octanol–water partition coefficient (Wildman–Crippen LogP) is 2.65. The molecule has 4 unspecified atom stereocenters. The van der Waals surface area contributed by atoms with Gasteiger partial charge in [0.15, 0.2) is 25.9 Å². The fraction of sp³-hybridized carbons (Fsp3) is 0.810. The highest BCUT2D eigenvalue weighted by Gasteiger charge is 2.31. The summed E-state index contributed by atoms with van der Waals surface area (Å²) in [6, 6.07) is -0.860. The van der Waals surface area contributed by atoms with Crippen LogP contribution in [-0.4, -0.2) is 99.3 Å². The highest BCUT2D eigenvalue weighted by molar-refractivity contribution is 6.02. The summed E-state index contributed by atoms with van der Waals surface area (Å²) >= 11 is 0. The maximum absolute atomic E-state index is 13.2. The van der Waals surface area contributed by atoms with Crippen LogP contribution in [0.4, 0.5) is 0 Å². The number of hydrogen-bond acceptors (Lipinski definition) is 17. The van der Waals surface area contributed by atoms with Crippen LogP contribution < -0.4 is 50.4 Å². The van der Waals surface area contributed by atoms with Gasteiger partial charge in [0.2, 0.25) is 0 Å². The van der Waals surface area contributed by atoms with Crippen molar-refractivity contribution in [2.75, 3.05) is 26.2 Å². The minimum absolute atomic E-state index is 0. The zero-order chi connectivity index (χ0) is 54.4. The molecule has 0 fully saturated rings. The lowest BCUT2D eigenvalue weighted by Crippen LogP contribution is -2.36. The zero-order valence-electron chi connectivity index (χ0n) is 42.2. The molecule has 408 valence electrons. The van der Waals surface area contributed by atoms with Crippen molar-refractivity contribution in [1.82, 2.24) is 21.7 Å². The Balaban J connectivity index is -0.00000129. The smallest absolute Gasteiger partial charge is 0.251 e. The van der Waals surface area contributed by atoms with E-state index in [2.05, 4.69) is 20.0 Å². The van der Waals surface area contributed by atoms with Gasteiger partial charge in [-0.1, -0.05) is 91.4 Å². The number of nitro groups is 4. The topological polar surface area (TPSA) is 468 Å². The third-order valence-electron chi connectivity index (χ3n) is 9.81. The first kappa shape index (κ1) is 68.6. The van der Waals surface area contributed by atoms with E-state index >= 15 is 0 Å². The maximum atomic E-state index is 13.2. The third-order valence-corrected chi connectivity index (χ3v) is 9.81. The van der Waals surface area contributed by atoms with Crippen molar-refractivity contribution in [3.8, 4) is 0 Å². The van der Waals surface area contributed by atoms with Crippen LogP contribution in [0.15, 0.2) is 20.0 Å². The van der Waals surface area contributed by atoms with E-state index in [1.807, 2.05) is 62.3 Å². The average Bonchev–Trinajstić information content (AvgIpc) is 3.17. The van der Waals surface area contributed by atoms with Crippen LogP contribution in [0.2, 0.25) is 0 Å². The van der Waals surface area contributed by atoms with E-state index in [0.29, 0.717) is 64.2 Å². The maximum Gasteiger partial charge on any atom is 0.251 e. The standard InChI is InChI=1S/C23H44N8O6.C18H35N9O6.CH4/c1-22(2,3)14-16(9-7-11-26-20(24)28-30(34)35)18(32)13-19(33)17(15-23(4,5)6)10-8-12-27-21(25)29-31(36)37;1-18(2,3)11-12(6-4-8-22-16(20)24-26(30)31)14(28)10-15(29)13(19)7-5-9-23-17(21)25-27(32)33;/h16-17H,7-15H2,1-6H3,(H3,24,26,28)(H3,25,27,29);12-13H,4-11,19H2,1-3H3,(H3,20,22,24)(H3,21,23,25);1H4. The molecule has 4 atom stereocenters. The lowest BCUT2D eigenvalue weighted by atomic mass is 9.77. The Bertz CT molecular complexity index is 1790. The Kier molecular flexibility index (Phi) is 33.4. The molecule has 0 bridgehead atoms. The Morgan fingerprint density at radius 1 is 0.437 bits per heavy atom. The number of aliphatic imine (C=N–C) groups is 4. The van der Waals surface area contributed by atoms with Crippen molar-refractivity contribution in [2.45, 2.75) is 159 Å². The first-order valence-electron chi connectivity index (χ1n) is 22.8. The predicted molar refractivity (Wildman–Crippen MR) is 270 cm³/mol. The summed E-state index contributed by atoms with van der Waals surface area (Å²) in [5.74, 6) is -3.23. The molecule has 0 radical (unpaired) electrons. The minimum atomic E-state index is -0.860. The van der Waals surface area contributed by atoms with Gasteiger partial charge in [0.05, 0.1) is 18.9 Å². The molecule has 0 aliphatic rings. The van der Waals surface area contributed by atoms with Crippen molar-refractivity contribution >= 4 is 47.0 Å². The average molecular weight is 1020 g/mol. The van der Waals surface area contributed by atoms with E-state index in [0.717, 1.165) is 0 Å². The van der Waals surface area contributed by atoms with Crippen LogP contribution in [0.1, 0.15) is 153 Å². The molecule has 0 saturated carbocycles. The first-order valence-corrected chi connectivity index (χ1v) is 22.8. The fourth-order valence-corrected chi connectivity index (χ4v) is 7.05. The molecule has 29 nitrogen and oxygen atoms in total. The number of carbonyl (C=O) groups is 4. The molecule has 0 rings (SSSR count). The molecule has 0 aromatic heterocycles. The summed E-state index contributed by atoms with van der Waals surface area (Å²) in [5, 5.41) is 38.1. The Morgan fingerprint density at radius 3 is 0.859 bits per heavy atom. The fourth-order valence-electron chi connectivity index (χ4n) is 7.05. The summed E-state index contributed by atoms with van der Waals surface area (Å²) in [5.41, 5.74) is 34.0. The SMILES string of the molecule is C.CC(C)(C)CC(CCCN=C(N)N[N+](=O)[O-])C(=O)CC(=O)C(CCCN=C(N)N[N+](=O)[O-])CC(C)(C)C.CC(C)(C)CC(CCCN=C(N)N[N+](=O)[O-])C(=O)CC(=O)C(N)CCCN=C(N)N[N+](=O)[O-]. The zero-order valence-corrected chi connectivity index (χ0v) is 42.2. The van der Waals surface area contributed by atoms with Gasteiger partial charge < -0.3 is 28.7 Å². The van der Waals surface area contributed by atoms with Crippen LogP contribution >= 0.6 is 0 Å². The van der Waals surface area contributed by atoms with Gasteiger partial charge in [0.25, 0.3) is 23.8 Å². The van der Waals surface area contributed by atoms with E-state index in [1.165, 1.54) is 0 Å². The number of nitrogens with zero attached hydrogens (tertiary/aromatic N) is 8. The van der Waals surface area contributed by atoms with Crippen LogP contribution in [0, 0.1) is 74.5 Å². The molecular formula is C42H83N17O12. The highest BCUT2D eigenvalue weighted by Crippen LogP contribution is 2.32. The molecular weight excluding hydrogens is 935 g/mol. The van der Waals surface area contributed by atoms with E-state index < -0.39 is 37.9 Å². The molecule has 0 aliphatic heterocycles. The second-order valence-corrected chi connectivity index (χ2v) is 20.3. The number of hydrogen-bond donors (Lipinski definition) is 9. The second-order valence-electron chi connectivity index (χ2n) is 20.3. The van der Waals surface area contributed by atoms with E-state index in [1.54, 1.807) is 21.7 Å². The summed E-state index contributed by atoms with van der Waals surface area (Å²) in [7, 11) is 0. The van der Waals surface area contributed by atoms with Crippen molar-refractivity contribution in [1.29, 1.82) is 0 Å². The molecule has 71 heavy (non-hydrogen) atoms. The molecule has 0 heterocycles. The third kappa shape index (κ3) is 40.9. The molecule has 14 N–H and O–H groups in total. The number of ketones is 4. The molecule has 29 heteroatoms. The van der Waals surface area contributed by atoms with Gasteiger partial charge >= 0.3 is 0 Å². The number of nitrogens with two attached hydrogens (primary N) is 5. The van der Waals surface area contributed by atoms with E-state index in [4.69, 9.17) is 28.7 Å². The van der Waals surface area contributed by atoms with E-state index in [-0.39, 0.29) is 122 Å². The summed E-state index contributed by atoms with van der Waals surface area (Å²) in [4.78, 5) is 108. The van der Waals surface area contributed by atoms with Crippen molar-refractivity contribution in [3.05, 3.63) is 40.5 Å². The van der Waals surface area contributed by atoms with Crippen LogP contribution in [0.25, 0.3) is 0 Å². The lowest BCUT2D eigenvalue weighted by Gasteiger charge is -2.27. The molecule has 0 aliphatic carbocycles. The molecule has 0 saturated heterocycles. The van der Waals surface area contributed by atoms with Crippen molar-refractivity contribution < 1.29 is 39.3 Å². The van der Waals surface area contributed by atoms with Gasteiger partial charge in [0.1, 0.15) is 17.3 Å². The summed E-state index contributed by atoms with van der Waals surface area (Å²) in [6.07, 6.45) is 4.74. The molecule has 0 amide bonds. The molecule has 0 spiro atoms. The normalized spacial score (nSPS) is 14.2. The Hall–Kier alpha value is -6.68.